The molecule has 104 valence electrons. The quantitative estimate of drug-likeness (QED) is 0.868. The van der Waals surface area contributed by atoms with Gasteiger partial charge >= 0.3 is 6.18 Å². The van der Waals surface area contributed by atoms with Crippen LogP contribution >= 0.6 is 0 Å². The maximum absolute atomic E-state index is 12.5. The topological polar surface area (TPSA) is 54.0 Å². The summed E-state index contributed by atoms with van der Waals surface area (Å²) in [5.41, 5.74) is -0.569. The van der Waals surface area contributed by atoms with E-state index in [2.05, 4.69) is 15.6 Å². The van der Waals surface area contributed by atoms with Gasteiger partial charge in [0.2, 0.25) is 5.91 Å². The lowest BCUT2D eigenvalue weighted by Gasteiger charge is -2.31. The molecule has 1 amide bonds. The molecule has 0 radical (unpaired) electrons. The summed E-state index contributed by atoms with van der Waals surface area (Å²) in [4.78, 5) is 14.5. The zero-order chi connectivity index (χ0) is 14.0. The molecule has 1 aliphatic heterocycles. The SMILES string of the molecule is CC1NC(=O)CCC1Nc1ccnc(C(F)(F)F)c1. The second-order valence-electron chi connectivity index (χ2n) is 4.57. The van der Waals surface area contributed by atoms with Gasteiger partial charge in [0.05, 0.1) is 0 Å². The summed E-state index contributed by atoms with van der Waals surface area (Å²) in [7, 11) is 0. The lowest BCUT2D eigenvalue weighted by atomic mass is 9.99. The number of piperidine rings is 1. The molecular formula is C12H14F3N3O. The minimum Gasteiger partial charge on any atom is -0.380 e. The monoisotopic (exact) mass is 273 g/mol. The van der Waals surface area contributed by atoms with Crippen molar-refractivity contribution < 1.29 is 18.0 Å². The van der Waals surface area contributed by atoms with Crippen molar-refractivity contribution in [1.82, 2.24) is 10.3 Å². The fourth-order valence-corrected chi connectivity index (χ4v) is 2.05. The Hall–Kier alpha value is -1.79. The van der Waals surface area contributed by atoms with E-state index in [-0.39, 0.29) is 18.0 Å². The first kappa shape index (κ1) is 13.6. The lowest BCUT2D eigenvalue weighted by molar-refractivity contribution is -0.141. The largest absolute Gasteiger partial charge is 0.433 e. The van der Waals surface area contributed by atoms with E-state index in [9.17, 15) is 18.0 Å². The number of amides is 1. The third-order valence-corrected chi connectivity index (χ3v) is 3.08. The van der Waals surface area contributed by atoms with Crippen LogP contribution in [0.25, 0.3) is 0 Å². The van der Waals surface area contributed by atoms with Gasteiger partial charge in [-0.1, -0.05) is 0 Å². The average Bonchev–Trinajstić information content (AvgIpc) is 2.32. The first-order chi connectivity index (χ1) is 8.86. The molecule has 2 heterocycles. The number of nitrogens with zero attached hydrogens (tertiary/aromatic N) is 1. The Morgan fingerprint density at radius 2 is 2.21 bits per heavy atom. The van der Waals surface area contributed by atoms with Crippen molar-refractivity contribution >= 4 is 11.6 Å². The van der Waals surface area contributed by atoms with Gasteiger partial charge < -0.3 is 10.6 Å². The number of carbonyl (C=O) groups excluding carboxylic acids is 1. The number of alkyl halides is 3. The highest BCUT2D eigenvalue weighted by Crippen LogP contribution is 2.29. The van der Waals surface area contributed by atoms with Gasteiger partial charge in [0.1, 0.15) is 5.69 Å². The third kappa shape index (κ3) is 3.36. The molecule has 1 aromatic heterocycles. The number of halogens is 3. The highest BCUT2D eigenvalue weighted by molar-refractivity contribution is 5.77. The van der Waals surface area contributed by atoms with Crippen LogP contribution in [0.5, 0.6) is 0 Å². The summed E-state index contributed by atoms with van der Waals surface area (Å²) in [6, 6.07) is 2.26. The van der Waals surface area contributed by atoms with Crippen LogP contribution < -0.4 is 10.6 Å². The van der Waals surface area contributed by atoms with Crippen LogP contribution in [0.3, 0.4) is 0 Å². The number of aromatic nitrogens is 1. The Bertz CT molecular complexity index is 476. The third-order valence-electron chi connectivity index (χ3n) is 3.08. The van der Waals surface area contributed by atoms with Crippen molar-refractivity contribution in [2.75, 3.05) is 5.32 Å². The predicted octanol–water partition coefficient (Wildman–Crippen LogP) is 2.18. The molecule has 0 bridgehead atoms. The molecule has 1 aliphatic rings. The molecule has 2 rings (SSSR count). The molecule has 7 heteroatoms. The number of hydrogen-bond donors (Lipinski definition) is 2. The molecule has 2 unspecified atom stereocenters. The van der Waals surface area contributed by atoms with Crippen LogP contribution in [0, 0.1) is 0 Å². The Morgan fingerprint density at radius 1 is 1.47 bits per heavy atom. The van der Waals surface area contributed by atoms with Crippen LogP contribution in [0.4, 0.5) is 18.9 Å². The van der Waals surface area contributed by atoms with Crippen molar-refractivity contribution in [1.29, 1.82) is 0 Å². The van der Waals surface area contributed by atoms with Gasteiger partial charge in [-0.25, -0.2) is 0 Å². The molecule has 0 aromatic carbocycles. The van der Waals surface area contributed by atoms with E-state index in [1.54, 1.807) is 0 Å². The maximum Gasteiger partial charge on any atom is 0.433 e. The van der Waals surface area contributed by atoms with E-state index in [4.69, 9.17) is 0 Å². The second kappa shape index (κ2) is 5.07. The Labute approximate surface area is 108 Å². The Kier molecular flexibility index (Phi) is 3.64. The summed E-state index contributed by atoms with van der Waals surface area (Å²) >= 11 is 0. The van der Waals surface area contributed by atoms with Crippen LogP contribution in [-0.2, 0) is 11.0 Å². The average molecular weight is 273 g/mol. The smallest absolute Gasteiger partial charge is 0.380 e. The van der Waals surface area contributed by atoms with Gasteiger partial charge in [0.15, 0.2) is 0 Å². The first-order valence-electron chi connectivity index (χ1n) is 5.95. The molecule has 1 fully saturated rings. The molecule has 1 aromatic rings. The number of nitrogens with one attached hydrogen (secondary N) is 2. The summed E-state index contributed by atoms with van der Waals surface area (Å²) in [6.45, 7) is 1.82. The molecule has 0 spiro atoms. The van der Waals surface area contributed by atoms with Crippen LogP contribution in [0.1, 0.15) is 25.5 Å². The Morgan fingerprint density at radius 3 is 2.84 bits per heavy atom. The fourth-order valence-electron chi connectivity index (χ4n) is 2.05. The van der Waals surface area contributed by atoms with E-state index >= 15 is 0 Å². The summed E-state index contributed by atoms with van der Waals surface area (Å²) < 4.78 is 37.6. The van der Waals surface area contributed by atoms with E-state index in [0.29, 0.717) is 18.5 Å². The zero-order valence-electron chi connectivity index (χ0n) is 10.3. The number of carbonyl (C=O) groups is 1. The first-order valence-corrected chi connectivity index (χ1v) is 5.95. The van der Waals surface area contributed by atoms with Crippen molar-refractivity contribution in [3.05, 3.63) is 24.0 Å². The minimum absolute atomic E-state index is 0.0312. The van der Waals surface area contributed by atoms with Crippen LogP contribution in [-0.4, -0.2) is 23.0 Å². The van der Waals surface area contributed by atoms with Crippen molar-refractivity contribution in [2.24, 2.45) is 0 Å². The fraction of sp³-hybridized carbons (Fsp3) is 0.500. The lowest BCUT2D eigenvalue weighted by Crippen LogP contribution is -2.49. The molecular weight excluding hydrogens is 259 g/mol. The number of anilines is 1. The molecule has 0 saturated carbocycles. The normalized spacial score (nSPS) is 23.9. The summed E-state index contributed by atoms with van der Waals surface area (Å²) in [5, 5.41) is 5.76. The molecule has 1 saturated heterocycles. The molecule has 4 nitrogen and oxygen atoms in total. The second-order valence-corrected chi connectivity index (χ2v) is 4.57. The minimum atomic E-state index is -4.45. The van der Waals surface area contributed by atoms with E-state index < -0.39 is 11.9 Å². The summed E-state index contributed by atoms with van der Waals surface area (Å²) in [5.74, 6) is -0.0312. The van der Waals surface area contributed by atoms with Gasteiger partial charge in [-0.2, -0.15) is 13.2 Å². The number of hydrogen-bond acceptors (Lipinski definition) is 3. The van der Waals surface area contributed by atoms with E-state index in [1.807, 2.05) is 6.92 Å². The van der Waals surface area contributed by atoms with Crippen LogP contribution in [0.15, 0.2) is 18.3 Å². The standard InChI is InChI=1S/C12H14F3N3O/c1-7-9(2-3-11(19)17-7)18-8-4-5-16-10(6-8)12(13,14)15/h4-7,9H,2-3H2,1H3,(H,16,18)(H,17,19). The number of rotatable bonds is 2. The maximum atomic E-state index is 12.5. The predicted molar refractivity (Wildman–Crippen MR) is 63.5 cm³/mol. The molecule has 2 N–H and O–H groups in total. The van der Waals surface area contributed by atoms with Gasteiger partial charge in [0.25, 0.3) is 0 Å². The van der Waals surface area contributed by atoms with Crippen molar-refractivity contribution in [3.63, 3.8) is 0 Å². The Balaban J connectivity index is 2.09. The molecule has 0 aliphatic carbocycles. The van der Waals surface area contributed by atoms with E-state index in [0.717, 1.165) is 12.3 Å². The van der Waals surface area contributed by atoms with Crippen molar-refractivity contribution in [2.45, 2.75) is 38.0 Å². The highest BCUT2D eigenvalue weighted by Gasteiger charge is 2.33. The van der Waals surface area contributed by atoms with Crippen LogP contribution in [0.2, 0.25) is 0 Å². The van der Waals surface area contributed by atoms with Gasteiger partial charge in [-0.05, 0) is 25.5 Å². The molecule has 2 atom stereocenters. The zero-order valence-corrected chi connectivity index (χ0v) is 10.3. The van der Waals surface area contributed by atoms with Crippen molar-refractivity contribution in [3.8, 4) is 0 Å². The van der Waals surface area contributed by atoms with Gasteiger partial charge in [-0.15, -0.1) is 0 Å². The highest BCUT2D eigenvalue weighted by atomic mass is 19.4. The van der Waals surface area contributed by atoms with Gasteiger partial charge in [-0.3, -0.25) is 9.78 Å². The molecule has 19 heavy (non-hydrogen) atoms. The van der Waals surface area contributed by atoms with Gasteiger partial charge in [0, 0.05) is 30.4 Å². The summed E-state index contributed by atoms with van der Waals surface area (Å²) in [6.07, 6.45) is -2.36. The number of pyridine rings is 1. The van der Waals surface area contributed by atoms with E-state index in [1.165, 1.54) is 6.07 Å².